The van der Waals surface area contributed by atoms with Crippen LogP contribution in [0.15, 0.2) is 279 Å². The molecule has 0 saturated carbocycles. The first kappa shape index (κ1) is 42.4. The lowest BCUT2D eigenvalue weighted by atomic mass is 9.90. The van der Waals surface area contributed by atoms with E-state index in [1.54, 1.807) is 0 Å². The van der Waals surface area contributed by atoms with Gasteiger partial charge in [0.25, 0.3) is 0 Å². The van der Waals surface area contributed by atoms with Gasteiger partial charge in [-0.05, 0) is 60.7 Å². The summed E-state index contributed by atoms with van der Waals surface area (Å²) in [5, 5.41) is 9.79. The summed E-state index contributed by atoms with van der Waals surface area (Å²) < 4.78 is 10.0. The Morgan fingerprint density at radius 3 is 0.592 bits per heavy atom. The zero-order valence-electron chi connectivity index (χ0n) is 41.3. The Kier molecular flexibility index (Phi) is 9.30. The molecule has 0 spiro atoms. The van der Waals surface area contributed by atoms with E-state index in [2.05, 4.69) is 297 Å². The second-order valence-corrected chi connectivity index (χ2v) is 19.9. The second kappa shape index (κ2) is 16.7. The molecule has 4 heteroatoms. The average Bonchev–Trinajstić information content (AvgIpc) is 4.37. The molecule has 0 fully saturated rings. The summed E-state index contributed by atoms with van der Waals surface area (Å²) >= 11 is 0. The van der Waals surface area contributed by atoms with Crippen LogP contribution in [0, 0.1) is 0 Å². The molecule has 0 saturated heterocycles. The zero-order chi connectivity index (χ0) is 49.8. The number of nitrogens with zero attached hydrogens (tertiary/aromatic N) is 4. The summed E-state index contributed by atoms with van der Waals surface area (Å²) in [5.41, 5.74) is 20.5. The number of para-hydroxylation sites is 12. The SMILES string of the molecule is c1ccc(-n2c3ccccc3c3ccccc32)c(-c2cccc(-c3cccc(-c4ccccc4-n4c5ccccc5c5ccccc54)c3-n3c4ccccc4c4ccccc43)c2-n2c3ccccc3c3ccccc32)c1. The summed E-state index contributed by atoms with van der Waals surface area (Å²) in [5.74, 6) is 0. The minimum Gasteiger partial charge on any atom is -0.309 e. The Morgan fingerprint density at radius 2 is 0.329 bits per heavy atom. The summed E-state index contributed by atoms with van der Waals surface area (Å²) in [6.07, 6.45) is 0. The number of benzene rings is 12. The van der Waals surface area contributed by atoms with Gasteiger partial charge in [0.15, 0.2) is 0 Å². The van der Waals surface area contributed by atoms with Gasteiger partial charge in [0, 0.05) is 76.5 Å². The first-order valence-corrected chi connectivity index (χ1v) is 26.2. The van der Waals surface area contributed by atoms with E-state index in [0.29, 0.717) is 0 Å². The van der Waals surface area contributed by atoms with Crippen molar-refractivity contribution < 1.29 is 0 Å². The van der Waals surface area contributed by atoms with Gasteiger partial charge in [-0.1, -0.05) is 218 Å². The van der Waals surface area contributed by atoms with Crippen molar-refractivity contribution in [1.82, 2.24) is 18.3 Å². The van der Waals surface area contributed by atoms with E-state index in [1.807, 2.05) is 0 Å². The quantitative estimate of drug-likeness (QED) is 0.152. The van der Waals surface area contributed by atoms with Crippen LogP contribution in [-0.2, 0) is 0 Å². The minimum absolute atomic E-state index is 1.11. The Bertz CT molecular complexity index is 4490. The first-order valence-electron chi connectivity index (χ1n) is 26.2. The third-order valence-electron chi connectivity index (χ3n) is 16.0. The average molecular weight is 967 g/mol. The highest BCUT2D eigenvalue weighted by Crippen LogP contribution is 2.49. The van der Waals surface area contributed by atoms with Gasteiger partial charge in [0.05, 0.1) is 66.9 Å². The van der Waals surface area contributed by atoms with E-state index < -0.39 is 0 Å². The van der Waals surface area contributed by atoms with E-state index in [-0.39, 0.29) is 0 Å². The molecule has 0 radical (unpaired) electrons. The van der Waals surface area contributed by atoms with Crippen LogP contribution in [0.4, 0.5) is 0 Å². The molecule has 16 aromatic rings. The van der Waals surface area contributed by atoms with Gasteiger partial charge >= 0.3 is 0 Å². The summed E-state index contributed by atoms with van der Waals surface area (Å²) in [4.78, 5) is 0. The molecule has 0 unspecified atom stereocenters. The molecule has 4 aromatic heterocycles. The van der Waals surface area contributed by atoms with Crippen molar-refractivity contribution >= 4 is 87.2 Å². The zero-order valence-corrected chi connectivity index (χ0v) is 41.3. The van der Waals surface area contributed by atoms with Crippen LogP contribution >= 0.6 is 0 Å². The third-order valence-corrected chi connectivity index (χ3v) is 16.0. The van der Waals surface area contributed by atoms with Crippen LogP contribution in [-0.4, -0.2) is 18.3 Å². The number of aromatic nitrogens is 4. The van der Waals surface area contributed by atoms with Gasteiger partial charge in [-0.3, -0.25) is 0 Å². The van der Waals surface area contributed by atoms with Gasteiger partial charge in [0.1, 0.15) is 0 Å². The van der Waals surface area contributed by atoms with Crippen molar-refractivity contribution in [3.8, 4) is 56.1 Å². The molecule has 4 heterocycles. The maximum absolute atomic E-state index is 2.55. The molecule has 354 valence electrons. The molecule has 0 N–H and O–H groups in total. The highest BCUT2D eigenvalue weighted by atomic mass is 15.0. The molecule has 0 aliphatic rings. The Labute approximate surface area is 438 Å². The van der Waals surface area contributed by atoms with Gasteiger partial charge in [-0.2, -0.15) is 0 Å². The van der Waals surface area contributed by atoms with Crippen LogP contribution in [0.2, 0.25) is 0 Å². The predicted molar refractivity (Wildman–Crippen MR) is 320 cm³/mol. The molecule has 4 nitrogen and oxygen atoms in total. The smallest absolute Gasteiger partial charge is 0.0620 e. The van der Waals surface area contributed by atoms with Crippen molar-refractivity contribution in [3.63, 3.8) is 0 Å². The Morgan fingerprint density at radius 1 is 0.145 bits per heavy atom. The normalized spacial score (nSPS) is 11.9. The summed E-state index contributed by atoms with van der Waals surface area (Å²) in [6, 6.07) is 103. The first-order chi connectivity index (χ1) is 37.8. The van der Waals surface area contributed by atoms with Crippen LogP contribution in [0.3, 0.4) is 0 Å². The highest BCUT2D eigenvalue weighted by Gasteiger charge is 2.27. The Hall–Kier alpha value is -10.2. The molecule has 0 aliphatic carbocycles. The molecule has 16 rings (SSSR count). The third kappa shape index (κ3) is 6.07. The molecule has 12 aromatic carbocycles. The summed E-state index contributed by atoms with van der Waals surface area (Å²) in [7, 11) is 0. The van der Waals surface area contributed by atoms with Crippen molar-refractivity contribution in [2.75, 3.05) is 0 Å². The lowest BCUT2D eigenvalue weighted by Crippen LogP contribution is -2.06. The van der Waals surface area contributed by atoms with E-state index in [4.69, 9.17) is 0 Å². The van der Waals surface area contributed by atoms with Crippen molar-refractivity contribution in [2.24, 2.45) is 0 Å². The molecular formula is C72H46N4. The monoisotopic (exact) mass is 966 g/mol. The van der Waals surface area contributed by atoms with Gasteiger partial charge in [-0.25, -0.2) is 0 Å². The Balaban J connectivity index is 1.07. The molecular weight excluding hydrogens is 921 g/mol. The van der Waals surface area contributed by atoms with Crippen molar-refractivity contribution in [2.45, 2.75) is 0 Å². The fourth-order valence-corrected chi connectivity index (χ4v) is 12.9. The number of hydrogen-bond donors (Lipinski definition) is 0. The largest absolute Gasteiger partial charge is 0.309 e. The second-order valence-electron chi connectivity index (χ2n) is 19.9. The van der Waals surface area contributed by atoms with Crippen LogP contribution in [0.1, 0.15) is 0 Å². The standard InChI is InChI=1S/C72H46N4/c1-11-37-61-47(23-1)48-24-2-12-38-62(48)73(61)65-41-15-9-31-55(65)57-33-21-35-59(71(57)75-67-43-17-5-27-51(67)52-28-6-18-44-68(52)75)60-36-22-34-58(72(60)76-69-45-19-7-29-53(69)54-30-8-20-46-70(54)76)56-32-10-16-42-66(56)74-63-39-13-3-25-49(63)50-26-4-14-40-64(50)74/h1-46H. The lowest BCUT2D eigenvalue weighted by molar-refractivity contribution is 1.15. The molecule has 0 bridgehead atoms. The molecule has 0 amide bonds. The van der Waals surface area contributed by atoms with Crippen LogP contribution in [0.5, 0.6) is 0 Å². The number of fused-ring (bicyclic) bond motifs is 12. The van der Waals surface area contributed by atoms with E-state index >= 15 is 0 Å². The minimum atomic E-state index is 1.11. The fraction of sp³-hybridized carbons (Fsp3) is 0. The maximum atomic E-state index is 2.55. The van der Waals surface area contributed by atoms with E-state index in [0.717, 1.165) is 78.2 Å². The fourth-order valence-electron chi connectivity index (χ4n) is 12.9. The topological polar surface area (TPSA) is 19.7 Å². The van der Waals surface area contributed by atoms with E-state index in [1.165, 1.54) is 65.2 Å². The molecule has 0 aliphatic heterocycles. The maximum Gasteiger partial charge on any atom is 0.0620 e. The van der Waals surface area contributed by atoms with Crippen LogP contribution < -0.4 is 0 Å². The van der Waals surface area contributed by atoms with Gasteiger partial charge in [0.2, 0.25) is 0 Å². The van der Waals surface area contributed by atoms with Gasteiger partial charge < -0.3 is 18.3 Å². The van der Waals surface area contributed by atoms with E-state index in [9.17, 15) is 0 Å². The molecule has 0 atom stereocenters. The van der Waals surface area contributed by atoms with Crippen molar-refractivity contribution in [3.05, 3.63) is 279 Å². The van der Waals surface area contributed by atoms with Crippen molar-refractivity contribution in [1.29, 1.82) is 0 Å². The molecule has 76 heavy (non-hydrogen) atoms. The number of rotatable bonds is 7. The van der Waals surface area contributed by atoms with Gasteiger partial charge in [-0.15, -0.1) is 0 Å². The number of hydrogen-bond acceptors (Lipinski definition) is 0. The summed E-state index contributed by atoms with van der Waals surface area (Å²) in [6.45, 7) is 0. The lowest BCUT2D eigenvalue weighted by Gasteiger charge is -2.25. The highest BCUT2D eigenvalue weighted by molar-refractivity contribution is 6.15. The predicted octanol–water partition coefficient (Wildman–Crippen LogP) is 19.1. The van der Waals surface area contributed by atoms with Crippen LogP contribution in [0.25, 0.3) is 143 Å².